The third kappa shape index (κ3) is 4.52. The van der Waals surface area contributed by atoms with Crippen molar-refractivity contribution in [3.63, 3.8) is 0 Å². The Morgan fingerprint density at radius 2 is 1.66 bits per heavy atom. The average molecular weight is 438 g/mol. The lowest BCUT2D eigenvalue weighted by molar-refractivity contribution is -0.135. The van der Waals surface area contributed by atoms with Crippen LogP contribution >= 0.6 is 0 Å². The summed E-state index contributed by atoms with van der Waals surface area (Å²) in [6.45, 7) is 4.18. The van der Waals surface area contributed by atoms with Gasteiger partial charge in [-0.15, -0.1) is 0 Å². The number of nitrogens with zero attached hydrogens (tertiary/aromatic N) is 3. The molecule has 1 atom stereocenters. The first-order valence-corrected chi connectivity index (χ1v) is 11.2. The lowest BCUT2D eigenvalue weighted by Crippen LogP contribution is -2.40. The van der Waals surface area contributed by atoms with Crippen molar-refractivity contribution in [1.82, 2.24) is 9.80 Å². The SMILES string of the molecule is CCc1ccc(N2CC(C(=O)N3CCCN(C(=O)c4ccccc4F)CC3)CC2=O)cc1. The molecule has 0 spiro atoms. The van der Waals surface area contributed by atoms with Crippen molar-refractivity contribution in [3.05, 3.63) is 65.5 Å². The normalized spacial score (nSPS) is 19.2. The minimum atomic E-state index is -0.536. The third-order valence-electron chi connectivity index (χ3n) is 6.33. The topological polar surface area (TPSA) is 60.9 Å². The van der Waals surface area contributed by atoms with Gasteiger partial charge in [0.1, 0.15) is 5.82 Å². The van der Waals surface area contributed by atoms with E-state index in [4.69, 9.17) is 0 Å². The summed E-state index contributed by atoms with van der Waals surface area (Å²) in [5.41, 5.74) is 2.07. The van der Waals surface area contributed by atoms with Crippen molar-refractivity contribution in [1.29, 1.82) is 0 Å². The van der Waals surface area contributed by atoms with E-state index < -0.39 is 5.82 Å². The van der Waals surface area contributed by atoms with E-state index in [1.165, 1.54) is 17.7 Å². The molecule has 0 aliphatic carbocycles. The Morgan fingerprint density at radius 3 is 2.38 bits per heavy atom. The van der Waals surface area contributed by atoms with Crippen LogP contribution in [0.4, 0.5) is 10.1 Å². The molecule has 0 aromatic heterocycles. The molecule has 7 heteroatoms. The summed E-state index contributed by atoms with van der Waals surface area (Å²) in [4.78, 5) is 43.5. The Bertz CT molecular complexity index is 1010. The lowest BCUT2D eigenvalue weighted by atomic mass is 10.1. The van der Waals surface area contributed by atoms with Crippen LogP contribution in [-0.4, -0.2) is 60.2 Å². The maximum absolute atomic E-state index is 14.0. The number of rotatable bonds is 4. The van der Waals surface area contributed by atoms with Gasteiger partial charge in [0.2, 0.25) is 11.8 Å². The van der Waals surface area contributed by atoms with Crippen LogP contribution in [0.1, 0.15) is 35.7 Å². The molecule has 2 fully saturated rings. The molecule has 0 radical (unpaired) electrons. The number of carbonyl (C=O) groups is 3. The summed E-state index contributed by atoms with van der Waals surface area (Å²) in [6, 6.07) is 13.8. The Hall–Kier alpha value is -3.22. The van der Waals surface area contributed by atoms with E-state index in [0.717, 1.165) is 12.1 Å². The fourth-order valence-corrected chi connectivity index (χ4v) is 4.44. The van der Waals surface area contributed by atoms with Crippen LogP contribution in [0.3, 0.4) is 0 Å². The van der Waals surface area contributed by atoms with Crippen LogP contribution < -0.4 is 4.90 Å². The van der Waals surface area contributed by atoms with E-state index in [1.807, 2.05) is 24.3 Å². The molecule has 168 valence electrons. The molecule has 2 aliphatic rings. The van der Waals surface area contributed by atoms with Gasteiger partial charge >= 0.3 is 0 Å². The van der Waals surface area contributed by atoms with Gasteiger partial charge in [0.05, 0.1) is 11.5 Å². The van der Waals surface area contributed by atoms with Gasteiger partial charge in [0.25, 0.3) is 5.91 Å². The number of aryl methyl sites for hydroxylation is 1. The second-order valence-corrected chi connectivity index (χ2v) is 8.38. The number of anilines is 1. The van der Waals surface area contributed by atoms with E-state index in [9.17, 15) is 18.8 Å². The first kappa shape index (κ1) is 22.0. The maximum atomic E-state index is 14.0. The molecular formula is C25H28FN3O3. The van der Waals surface area contributed by atoms with Crippen molar-refractivity contribution in [2.75, 3.05) is 37.6 Å². The molecule has 0 bridgehead atoms. The standard InChI is InChI=1S/C25H28FN3O3/c1-2-18-8-10-20(11-9-18)29-17-19(16-23(29)30)24(31)27-12-5-13-28(15-14-27)25(32)21-6-3-4-7-22(21)26/h3-4,6-11,19H,2,5,12-17H2,1H3. The van der Waals surface area contributed by atoms with Gasteiger partial charge in [-0.05, 0) is 42.7 Å². The average Bonchev–Trinajstić information content (AvgIpc) is 3.04. The maximum Gasteiger partial charge on any atom is 0.256 e. The van der Waals surface area contributed by atoms with E-state index in [1.54, 1.807) is 26.8 Å². The zero-order valence-electron chi connectivity index (χ0n) is 18.3. The summed E-state index contributed by atoms with van der Waals surface area (Å²) in [5, 5.41) is 0. The van der Waals surface area contributed by atoms with Gasteiger partial charge < -0.3 is 14.7 Å². The Labute approximate surface area is 187 Å². The van der Waals surface area contributed by atoms with E-state index in [2.05, 4.69) is 6.92 Å². The molecule has 2 aliphatic heterocycles. The molecule has 2 aromatic carbocycles. The molecule has 0 saturated carbocycles. The van der Waals surface area contributed by atoms with Gasteiger partial charge in [0, 0.05) is 44.8 Å². The molecule has 32 heavy (non-hydrogen) atoms. The molecule has 2 aromatic rings. The molecule has 4 rings (SSSR count). The van der Waals surface area contributed by atoms with E-state index >= 15 is 0 Å². The molecule has 6 nitrogen and oxygen atoms in total. The Morgan fingerprint density at radius 1 is 0.969 bits per heavy atom. The Kier molecular flexibility index (Phi) is 6.53. The van der Waals surface area contributed by atoms with Crippen LogP contribution in [0.15, 0.2) is 48.5 Å². The number of amides is 3. The van der Waals surface area contributed by atoms with Gasteiger partial charge in [-0.3, -0.25) is 14.4 Å². The van der Waals surface area contributed by atoms with Crippen molar-refractivity contribution in [2.45, 2.75) is 26.2 Å². The van der Waals surface area contributed by atoms with E-state index in [-0.39, 0.29) is 35.6 Å². The summed E-state index contributed by atoms with van der Waals surface area (Å²) < 4.78 is 14.0. The predicted molar refractivity (Wildman–Crippen MR) is 120 cm³/mol. The summed E-state index contributed by atoms with van der Waals surface area (Å²) in [5.74, 6) is -1.37. The first-order chi connectivity index (χ1) is 15.5. The predicted octanol–water partition coefficient (Wildman–Crippen LogP) is 3.12. The fourth-order valence-electron chi connectivity index (χ4n) is 4.44. The zero-order chi connectivity index (χ0) is 22.7. The van der Waals surface area contributed by atoms with Crippen LogP contribution in [0.5, 0.6) is 0 Å². The summed E-state index contributed by atoms with van der Waals surface area (Å²) >= 11 is 0. The third-order valence-corrected chi connectivity index (χ3v) is 6.33. The monoisotopic (exact) mass is 437 g/mol. The van der Waals surface area contributed by atoms with Gasteiger partial charge in [-0.2, -0.15) is 0 Å². The molecule has 2 heterocycles. The molecular weight excluding hydrogens is 409 g/mol. The highest BCUT2D eigenvalue weighted by Gasteiger charge is 2.37. The smallest absolute Gasteiger partial charge is 0.256 e. The van der Waals surface area contributed by atoms with Crippen LogP contribution in [-0.2, 0) is 16.0 Å². The van der Waals surface area contributed by atoms with Crippen LogP contribution in [0.25, 0.3) is 0 Å². The highest BCUT2D eigenvalue weighted by molar-refractivity contribution is 6.00. The van der Waals surface area contributed by atoms with Crippen LogP contribution in [0.2, 0.25) is 0 Å². The van der Waals surface area contributed by atoms with E-state index in [0.29, 0.717) is 39.1 Å². The lowest BCUT2D eigenvalue weighted by Gasteiger charge is -2.25. The van der Waals surface area contributed by atoms with Crippen molar-refractivity contribution < 1.29 is 18.8 Å². The molecule has 2 saturated heterocycles. The fraction of sp³-hybridized carbons (Fsp3) is 0.400. The number of hydrogen-bond acceptors (Lipinski definition) is 3. The highest BCUT2D eigenvalue weighted by atomic mass is 19.1. The highest BCUT2D eigenvalue weighted by Crippen LogP contribution is 2.27. The van der Waals surface area contributed by atoms with Crippen molar-refractivity contribution in [2.24, 2.45) is 5.92 Å². The second-order valence-electron chi connectivity index (χ2n) is 8.38. The van der Waals surface area contributed by atoms with Crippen molar-refractivity contribution in [3.8, 4) is 0 Å². The number of carbonyl (C=O) groups excluding carboxylic acids is 3. The number of halogens is 1. The second kappa shape index (κ2) is 9.51. The Balaban J connectivity index is 1.38. The zero-order valence-corrected chi connectivity index (χ0v) is 18.3. The first-order valence-electron chi connectivity index (χ1n) is 11.2. The van der Waals surface area contributed by atoms with Crippen molar-refractivity contribution >= 4 is 23.4 Å². The van der Waals surface area contributed by atoms with Gasteiger partial charge in [0.15, 0.2) is 0 Å². The minimum absolute atomic E-state index is 0.0428. The summed E-state index contributed by atoms with van der Waals surface area (Å²) in [6.07, 6.45) is 1.75. The molecule has 0 N–H and O–H groups in total. The quantitative estimate of drug-likeness (QED) is 0.739. The molecule has 1 unspecified atom stereocenters. The molecule has 3 amide bonds. The van der Waals surface area contributed by atoms with Gasteiger partial charge in [-0.25, -0.2) is 4.39 Å². The number of benzene rings is 2. The minimum Gasteiger partial charge on any atom is -0.341 e. The van der Waals surface area contributed by atoms with Crippen LogP contribution in [0, 0.1) is 11.7 Å². The summed E-state index contributed by atoms with van der Waals surface area (Å²) in [7, 11) is 0. The number of hydrogen-bond donors (Lipinski definition) is 0. The largest absolute Gasteiger partial charge is 0.341 e. The van der Waals surface area contributed by atoms with Gasteiger partial charge in [-0.1, -0.05) is 31.2 Å².